The van der Waals surface area contributed by atoms with Crippen LogP contribution in [0.1, 0.15) is 23.0 Å². The number of carbonyl (C=O) groups is 3. The molecule has 12 nitrogen and oxygen atoms in total. The normalized spacial score (nSPS) is 15.0. The van der Waals surface area contributed by atoms with E-state index < -0.39 is 21.7 Å². The summed E-state index contributed by atoms with van der Waals surface area (Å²) < 4.78 is 47.5. The molecule has 0 saturated heterocycles. The third-order valence-electron chi connectivity index (χ3n) is 6.09. The zero-order chi connectivity index (χ0) is 31.7. The first kappa shape index (κ1) is 32.2. The molecule has 0 spiro atoms. The quantitative estimate of drug-likeness (QED) is 0.225. The Balaban J connectivity index is 1.18. The van der Waals surface area contributed by atoms with Crippen LogP contribution in [0.25, 0.3) is 0 Å². The average Bonchev–Trinajstić information content (AvgIpc) is 3.60. The van der Waals surface area contributed by atoms with Gasteiger partial charge >= 0.3 is 0 Å². The van der Waals surface area contributed by atoms with Gasteiger partial charge < -0.3 is 15.4 Å². The summed E-state index contributed by atoms with van der Waals surface area (Å²) in [5.41, 5.74) is 1.91. The van der Waals surface area contributed by atoms with Crippen molar-refractivity contribution in [2.45, 2.75) is 30.2 Å². The molecule has 1 unspecified atom stereocenters. The lowest BCUT2D eigenvalue weighted by atomic mass is 10.2. The van der Waals surface area contributed by atoms with Gasteiger partial charge in [0.1, 0.15) is 17.3 Å². The van der Waals surface area contributed by atoms with Gasteiger partial charge in [-0.2, -0.15) is 0 Å². The Bertz CT molecular complexity index is 1700. The summed E-state index contributed by atoms with van der Waals surface area (Å²) in [5, 5.41) is 13.0. The molecule has 1 aromatic heterocycles. The number of carbonyl (C=O) groups excluding carboxylic acids is 3. The van der Waals surface area contributed by atoms with E-state index in [2.05, 4.69) is 32.2 Å². The molecule has 2 amide bonds. The van der Waals surface area contributed by atoms with Gasteiger partial charge in [0.25, 0.3) is 21.8 Å². The Morgan fingerprint density at radius 3 is 2.57 bits per heavy atom. The zero-order valence-electron chi connectivity index (χ0n) is 23.5. The van der Waals surface area contributed by atoms with Gasteiger partial charge in [-0.05, 0) is 55.5 Å². The van der Waals surface area contributed by atoms with Crippen LogP contribution < -0.4 is 15.4 Å². The van der Waals surface area contributed by atoms with Crippen LogP contribution in [0.3, 0.4) is 0 Å². The summed E-state index contributed by atoms with van der Waals surface area (Å²) >= 11 is 1.10. The van der Waals surface area contributed by atoms with E-state index in [9.17, 15) is 27.2 Å². The molecule has 3 N–H and O–H groups in total. The van der Waals surface area contributed by atoms with Crippen molar-refractivity contribution in [3.8, 4) is 0 Å². The van der Waals surface area contributed by atoms with Crippen molar-refractivity contribution < 1.29 is 31.9 Å². The van der Waals surface area contributed by atoms with E-state index >= 15 is 0 Å². The van der Waals surface area contributed by atoms with Gasteiger partial charge in [0.15, 0.2) is 6.61 Å². The minimum absolute atomic E-state index is 0.0881. The molecule has 44 heavy (non-hydrogen) atoms. The molecule has 2 heterocycles. The largest absolute Gasteiger partial charge is 0.486 e. The first-order chi connectivity index (χ1) is 21.0. The van der Waals surface area contributed by atoms with Crippen molar-refractivity contribution >= 4 is 44.4 Å². The molecule has 0 aliphatic carbocycles. The molecule has 0 radical (unpaired) electrons. The molecule has 0 bridgehead atoms. The van der Waals surface area contributed by atoms with Crippen molar-refractivity contribution in [1.29, 1.82) is 0 Å². The van der Waals surface area contributed by atoms with Crippen molar-refractivity contribution in [3.05, 3.63) is 108 Å². The monoisotopic (exact) mass is 640 g/mol. The average molecular weight is 641 g/mol. The maximum absolute atomic E-state index is 13.1. The second kappa shape index (κ2) is 14.6. The summed E-state index contributed by atoms with van der Waals surface area (Å²) in [5.74, 6) is -0.900. The van der Waals surface area contributed by atoms with E-state index in [-0.39, 0.29) is 46.6 Å². The molecule has 2 aromatic carbocycles. The first-order valence-corrected chi connectivity index (χ1v) is 15.6. The Hall–Kier alpha value is -4.76. The number of nitrogens with zero attached hydrogens (tertiary/aromatic N) is 3. The number of aromatic nitrogens is 3. The van der Waals surface area contributed by atoms with E-state index in [1.54, 1.807) is 12.3 Å². The molecule has 1 aliphatic heterocycles. The lowest BCUT2D eigenvalue weighted by molar-refractivity contribution is -0.124. The zero-order valence-corrected chi connectivity index (χ0v) is 25.2. The van der Waals surface area contributed by atoms with Crippen LogP contribution in [0.2, 0.25) is 0 Å². The molecule has 1 aliphatic rings. The highest BCUT2D eigenvalue weighted by molar-refractivity contribution is 8.15. The molecule has 15 heteroatoms. The van der Waals surface area contributed by atoms with E-state index in [4.69, 9.17) is 4.74 Å². The third-order valence-corrected chi connectivity index (χ3v) is 8.46. The number of sulfonamides is 1. The number of thioether (sulfide) groups is 1. The molecular formula is C29H29FN6O6S2. The predicted octanol–water partition coefficient (Wildman–Crippen LogP) is 2.94. The van der Waals surface area contributed by atoms with Gasteiger partial charge in [-0.25, -0.2) is 12.8 Å². The highest BCUT2D eigenvalue weighted by atomic mass is 32.2. The number of rotatable bonds is 14. The number of ether oxygens (including phenoxy) is 1. The van der Waals surface area contributed by atoms with Gasteiger partial charge in [0.05, 0.1) is 29.4 Å². The molecule has 1 atom stereocenters. The summed E-state index contributed by atoms with van der Waals surface area (Å²) in [7, 11) is -3.92. The predicted molar refractivity (Wildman–Crippen MR) is 162 cm³/mol. The standard InChI is InChI=1S/C29H29FN6O6S2/c1-3-19(2)14-26-25(15-28(38)43-26)42-18-27(37)31-12-13-36-17-23(33-35-36)16-32-29(39)20-4-8-22(9-5-20)34-44(40,41)24-10-6-21(30)7-11-24/h3-11,14-15,17,26,34H,1,12-13,16,18H2,2H3,(H,31,37)(H,32,39)/b19-14+. The van der Waals surface area contributed by atoms with Crippen molar-refractivity contribution in [2.75, 3.05) is 17.9 Å². The summed E-state index contributed by atoms with van der Waals surface area (Å²) in [6, 6.07) is 10.2. The minimum atomic E-state index is -3.92. The smallest absolute Gasteiger partial charge is 0.261 e. The Morgan fingerprint density at radius 1 is 1.14 bits per heavy atom. The van der Waals surface area contributed by atoms with Crippen LogP contribution in [0.5, 0.6) is 0 Å². The van der Waals surface area contributed by atoms with Gasteiger partial charge in [0, 0.05) is 23.9 Å². The maximum Gasteiger partial charge on any atom is 0.261 e. The van der Waals surface area contributed by atoms with Crippen LogP contribution in [-0.2, 0) is 37.4 Å². The van der Waals surface area contributed by atoms with Crippen LogP contribution in [-0.4, -0.2) is 58.7 Å². The van der Waals surface area contributed by atoms with Crippen LogP contribution >= 0.6 is 11.8 Å². The number of amides is 2. The van der Waals surface area contributed by atoms with Gasteiger partial charge in [0.2, 0.25) is 5.12 Å². The molecular weight excluding hydrogens is 611 g/mol. The van der Waals surface area contributed by atoms with E-state index in [0.29, 0.717) is 23.6 Å². The topological polar surface area (TPSA) is 161 Å². The third kappa shape index (κ3) is 9.12. The van der Waals surface area contributed by atoms with Crippen molar-refractivity contribution in [2.24, 2.45) is 0 Å². The molecule has 0 saturated carbocycles. The summed E-state index contributed by atoms with van der Waals surface area (Å²) in [6.07, 6.45) is 6.52. The number of nitrogens with one attached hydrogen (secondary N) is 3. The fraction of sp³-hybridized carbons (Fsp3) is 0.207. The van der Waals surface area contributed by atoms with E-state index in [0.717, 1.165) is 41.6 Å². The Kier molecular flexibility index (Phi) is 10.7. The van der Waals surface area contributed by atoms with Crippen LogP contribution in [0.15, 0.2) is 95.8 Å². The van der Waals surface area contributed by atoms with Crippen LogP contribution in [0.4, 0.5) is 10.1 Å². The minimum Gasteiger partial charge on any atom is -0.486 e. The fourth-order valence-corrected chi connectivity index (χ4v) is 5.82. The van der Waals surface area contributed by atoms with E-state index in [1.807, 2.05) is 13.0 Å². The number of hydrogen-bond donors (Lipinski definition) is 3. The highest BCUT2D eigenvalue weighted by Crippen LogP contribution is 2.31. The second-order valence-electron chi connectivity index (χ2n) is 9.45. The maximum atomic E-state index is 13.1. The van der Waals surface area contributed by atoms with E-state index in [1.165, 1.54) is 35.0 Å². The first-order valence-electron chi connectivity index (χ1n) is 13.2. The summed E-state index contributed by atoms with van der Waals surface area (Å²) in [4.78, 5) is 36.4. The van der Waals surface area contributed by atoms with Gasteiger partial charge in [-0.15, -0.1) is 5.10 Å². The number of anilines is 1. The fourth-order valence-electron chi connectivity index (χ4n) is 3.79. The molecule has 4 rings (SSSR count). The number of halogens is 1. The van der Waals surface area contributed by atoms with Crippen LogP contribution in [0, 0.1) is 5.82 Å². The number of allylic oxidation sites excluding steroid dienone is 2. The Labute approximate surface area is 257 Å². The Morgan fingerprint density at radius 2 is 1.86 bits per heavy atom. The van der Waals surface area contributed by atoms with Crippen molar-refractivity contribution in [1.82, 2.24) is 25.6 Å². The molecule has 3 aromatic rings. The summed E-state index contributed by atoms with van der Waals surface area (Å²) in [6.45, 7) is 5.97. The number of hydrogen-bond acceptors (Lipinski definition) is 9. The molecule has 230 valence electrons. The lowest BCUT2D eigenvalue weighted by Crippen LogP contribution is -2.31. The second-order valence-corrected chi connectivity index (χ2v) is 12.3. The molecule has 0 fully saturated rings. The van der Waals surface area contributed by atoms with Gasteiger partial charge in [-0.3, -0.25) is 23.8 Å². The van der Waals surface area contributed by atoms with Gasteiger partial charge in [-0.1, -0.05) is 41.3 Å². The highest BCUT2D eigenvalue weighted by Gasteiger charge is 2.26. The SMILES string of the molecule is C=C/C(C)=C/C1SC(=O)C=C1OCC(=O)NCCn1cc(CNC(=O)c2ccc(NS(=O)(=O)c3ccc(F)cc3)cc2)nn1. The lowest BCUT2D eigenvalue weighted by Gasteiger charge is -2.12. The number of benzene rings is 2. The van der Waals surface area contributed by atoms with Crippen molar-refractivity contribution in [3.63, 3.8) is 0 Å².